The molecule has 0 spiro atoms. The molecule has 0 aromatic heterocycles. The highest BCUT2D eigenvalue weighted by molar-refractivity contribution is 5.75. The fraction of sp³-hybridized carbons (Fsp3) is 0.857. The summed E-state index contributed by atoms with van der Waals surface area (Å²) < 4.78 is 4.62. The van der Waals surface area contributed by atoms with Crippen molar-refractivity contribution in [3.63, 3.8) is 0 Å². The molecule has 3 heteroatoms. The van der Waals surface area contributed by atoms with Crippen LogP contribution in [0.15, 0.2) is 0 Å². The maximum absolute atomic E-state index is 11.0. The highest BCUT2D eigenvalue weighted by Gasteiger charge is 2.27. The summed E-state index contributed by atoms with van der Waals surface area (Å²) in [5, 5.41) is 0. The molecule has 0 aliphatic carbocycles. The molecule has 10 heavy (non-hydrogen) atoms. The van der Waals surface area contributed by atoms with Crippen LogP contribution < -0.4 is 0 Å². The Morgan fingerprint density at radius 2 is 2.40 bits per heavy atom. The molecule has 1 saturated heterocycles. The van der Waals surface area contributed by atoms with Gasteiger partial charge in [0.25, 0.3) is 0 Å². The quantitative estimate of drug-likeness (QED) is 0.493. The van der Waals surface area contributed by atoms with E-state index in [0.29, 0.717) is 0 Å². The average Bonchev–Trinajstić information content (AvgIpc) is 2.34. The third-order valence-electron chi connectivity index (χ3n) is 1.99. The summed E-state index contributed by atoms with van der Waals surface area (Å²) in [7, 11) is 3.39. The van der Waals surface area contributed by atoms with Gasteiger partial charge in [0.1, 0.15) is 6.04 Å². The van der Waals surface area contributed by atoms with Crippen LogP contribution in [0.5, 0.6) is 0 Å². The van der Waals surface area contributed by atoms with Gasteiger partial charge in [-0.05, 0) is 26.4 Å². The molecule has 1 aliphatic heterocycles. The molecule has 0 aromatic carbocycles. The van der Waals surface area contributed by atoms with Crippen LogP contribution in [0.1, 0.15) is 12.8 Å². The molecule has 1 rings (SSSR count). The number of hydrogen-bond acceptors (Lipinski definition) is 3. The van der Waals surface area contributed by atoms with E-state index in [-0.39, 0.29) is 12.0 Å². The lowest BCUT2D eigenvalue weighted by Gasteiger charge is -2.15. The second kappa shape index (κ2) is 3.01. The number of rotatable bonds is 1. The van der Waals surface area contributed by atoms with E-state index in [2.05, 4.69) is 4.74 Å². The Labute approximate surface area is 61.0 Å². The van der Waals surface area contributed by atoms with E-state index in [1.54, 1.807) is 0 Å². The van der Waals surface area contributed by atoms with Crippen molar-refractivity contribution in [3.05, 3.63) is 0 Å². The number of hydrogen-bond donors (Lipinski definition) is 0. The van der Waals surface area contributed by atoms with E-state index < -0.39 is 0 Å². The Balaban J connectivity index is 2.46. The van der Waals surface area contributed by atoms with E-state index in [9.17, 15) is 4.79 Å². The van der Waals surface area contributed by atoms with Crippen LogP contribution in [0, 0.1) is 0 Å². The molecule has 58 valence electrons. The van der Waals surface area contributed by atoms with Crippen LogP contribution in [0.3, 0.4) is 0 Å². The molecule has 1 fully saturated rings. The summed E-state index contributed by atoms with van der Waals surface area (Å²) in [5.41, 5.74) is 0. The van der Waals surface area contributed by atoms with Gasteiger partial charge in [0, 0.05) is 0 Å². The van der Waals surface area contributed by atoms with Gasteiger partial charge in [-0.2, -0.15) is 0 Å². The van der Waals surface area contributed by atoms with Crippen molar-refractivity contribution in [1.29, 1.82) is 0 Å². The Morgan fingerprint density at radius 3 is 2.80 bits per heavy atom. The van der Waals surface area contributed by atoms with E-state index >= 15 is 0 Å². The van der Waals surface area contributed by atoms with Crippen LogP contribution in [-0.2, 0) is 9.53 Å². The summed E-state index contributed by atoms with van der Waals surface area (Å²) >= 11 is 0. The standard InChI is InChI=1S/C7H13NO2/c1-8-5-3-4-6(8)7(9)10-2/h6H,3-5H2,1-2H3. The van der Waals surface area contributed by atoms with Gasteiger partial charge >= 0.3 is 5.97 Å². The van der Waals surface area contributed by atoms with Gasteiger partial charge in [0.15, 0.2) is 0 Å². The minimum Gasteiger partial charge on any atom is -0.468 e. The topological polar surface area (TPSA) is 29.5 Å². The highest BCUT2D eigenvalue weighted by Crippen LogP contribution is 2.15. The zero-order valence-electron chi connectivity index (χ0n) is 6.46. The molecule has 0 saturated carbocycles. The normalized spacial score (nSPS) is 26.8. The van der Waals surface area contributed by atoms with Gasteiger partial charge in [-0.3, -0.25) is 9.69 Å². The molecule has 1 unspecified atom stereocenters. The van der Waals surface area contributed by atoms with Crippen molar-refractivity contribution in [2.24, 2.45) is 0 Å². The molecule has 3 nitrogen and oxygen atoms in total. The van der Waals surface area contributed by atoms with Crippen molar-refractivity contribution < 1.29 is 9.53 Å². The first-order valence-electron chi connectivity index (χ1n) is 3.54. The first-order valence-corrected chi connectivity index (χ1v) is 3.54. The predicted octanol–water partition coefficient (Wildman–Crippen LogP) is 0.254. The third-order valence-corrected chi connectivity index (χ3v) is 1.99. The zero-order valence-corrected chi connectivity index (χ0v) is 6.46. The maximum Gasteiger partial charge on any atom is 0.323 e. The lowest BCUT2D eigenvalue weighted by molar-refractivity contribution is -0.145. The highest BCUT2D eigenvalue weighted by atomic mass is 16.5. The molecule has 1 aliphatic rings. The maximum atomic E-state index is 11.0. The van der Waals surface area contributed by atoms with Gasteiger partial charge < -0.3 is 4.74 Å². The number of carbonyl (C=O) groups is 1. The Morgan fingerprint density at radius 1 is 1.70 bits per heavy atom. The summed E-state index contributed by atoms with van der Waals surface area (Å²) in [6, 6.07) is 0.0185. The molecular weight excluding hydrogens is 130 g/mol. The van der Waals surface area contributed by atoms with Crippen molar-refractivity contribution in [2.45, 2.75) is 18.9 Å². The number of methoxy groups -OCH3 is 1. The number of carbonyl (C=O) groups excluding carboxylic acids is 1. The fourth-order valence-electron chi connectivity index (χ4n) is 1.34. The second-order valence-electron chi connectivity index (χ2n) is 2.66. The van der Waals surface area contributed by atoms with Crippen LogP contribution in [0.4, 0.5) is 0 Å². The van der Waals surface area contributed by atoms with Gasteiger partial charge in [-0.15, -0.1) is 0 Å². The Bertz CT molecular complexity index is 136. The third kappa shape index (κ3) is 1.29. The number of esters is 1. The molecule has 0 aromatic rings. The first kappa shape index (κ1) is 7.54. The minimum atomic E-state index is -0.0972. The molecule has 1 heterocycles. The van der Waals surface area contributed by atoms with E-state index in [4.69, 9.17) is 0 Å². The molecule has 0 bridgehead atoms. The van der Waals surface area contributed by atoms with Crippen LogP contribution >= 0.6 is 0 Å². The second-order valence-corrected chi connectivity index (χ2v) is 2.66. The fourth-order valence-corrected chi connectivity index (χ4v) is 1.34. The average molecular weight is 143 g/mol. The number of ether oxygens (including phenoxy) is 1. The summed E-state index contributed by atoms with van der Waals surface area (Å²) in [5.74, 6) is -0.0972. The number of likely N-dealkylation sites (tertiary alicyclic amines) is 1. The van der Waals surface area contributed by atoms with Crippen molar-refractivity contribution in [3.8, 4) is 0 Å². The van der Waals surface area contributed by atoms with Crippen LogP contribution in [0.2, 0.25) is 0 Å². The largest absolute Gasteiger partial charge is 0.468 e. The smallest absolute Gasteiger partial charge is 0.323 e. The molecule has 1 atom stereocenters. The van der Waals surface area contributed by atoms with Gasteiger partial charge in [-0.1, -0.05) is 0 Å². The van der Waals surface area contributed by atoms with E-state index in [1.165, 1.54) is 7.11 Å². The monoisotopic (exact) mass is 143 g/mol. The van der Waals surface area contributed by atoms with Gasteiger partial charge in [0.2, 0.25) is 0 Å². The van der Waals surface area contributed by atoms with E-state index in [0.717, 1.165) is 19.4 Å². The first-order chi connectivity index (χ1) is 4.75. The van der Waals surface area contributed by atoms with E-state index in [1.807, 2.05) is 11.9 Å². The van der Waals surface area contributed by atoms with Gasteiger partial charge in [-0.25, -0.2) is 0 Å². The lowest BCUT2D eigenvalue weighted by Crippen LogP contribution is -2.33. The van der Waals surface area contributed by atoms with Crippen LogP contribution in [0.25, 0.3) is 0 Å². The Kier molecular flexibility index (Phi) is 2.27. The molecular formula is C7H13NO2. The molecule has 0 amide bonds. The lowest BCUT2D eigenvalue weighted by atomic mass is 10.2. The molecule has 0 radical (unpaired) electrons. The summed E-state index contributed by atoms with van der Waals surface area (Å²) in [4.78, 5) is 13.0. The zero-order chi connectivity index (χ0) is 7.56. The van der Waals surface area contributed by atoms with Crippen LogP contribution in [-0.4, -0.2) is 37.6 Å². The van der Waals surface area contributed by atoms with Crippen molar-refractivity contribution in [1.82, 2.24) is 4.90 Å². The minimum absolute atomic E-state index is 0.0185. The predicted molar refractivity (Wildman–Crippen MR) is 37.7 cm³/mol. The number of nitrogens with zero attached hydrogens (tertiary/aromatic N) is 1. The SMILES string of the molecule is COC(=O)C1CCCN1C. The Hall–Kier alpha value is -0.570. The van der Waals surface area contributed by atoms with Gasteiger partial charge in [0.05, 0.1) is 7.11 Å². The van der Waals surface area contributed by atoms with Crippen molar-refractivity contribution in [2.75, 3.05) is 20.7 Å². The molecule has 0 N–H and O–H groups in total. The van der Waals surface area contributed by atoms with Crippen molar-refractivity contribution >= 4 is 5.97 Å². The summed E-state index contributed by atoms with van der Waals surface area (Å²) in [6.07, 6.45) is 2.06. The summed E-state index contributed by atoms with van der Waals surface area (Å²) in [6.45, 7) is 1.01. The number of likely N-dealkylation sites (N-methyl/N-ethyl adjacent to an activating group) is 1.